The Kier molecular flexibility index (Phi) is 4.92. The van der Waals surface area contributed by atoms with Crippen molar-refractivity contribution in [2.24, 2.45) is 5.41 Å². The average Bonchev–Trinajstić information content (AvgIpc) is 2.95. The van der Waals surface area contributed by atoms with Crippen molar-refractivity contribution in [2.75, 3.05) is 13.1 Å². The van der Waals surface area contributed by atoms with E-state index < -0.39 is 11.4 Å². The maximum atomic E-state index is 12.4. The summed E-state index contributed by atoms with van der Waals surface area (Å²) in [4.78, 5) is 25.5. The Morgan fingerprint density at radius 3 is 2.62 bits per heavy atom. The van der Waals surface area contributed by atoms with Crippen molar-refractivity contribution in [2.45, 2.75) is 38.2 Å². The number of carboxylic acid groups (broad SMARTS) is 1. The Morgan fingerprint density at radius 2 is 2.04 bits per heavy atom. The fourth-order valence-corrected chi connectivity index (χ4v) is 3.55. The lowest BCUT2D eigenvalue weighted by atomic mass is 9.66. The number of ether oxygens (including phenoxy) is 1. The summed E-state index contributed by atoms with van der Waals surface area (Å²) in [5.74, 6) is -0.341. The van der Waals surface area contributed by atoms with Gasteiger partial charge in [-0.3, -0.25) is 9.59 Å². The highest BCUT2D eigenvalue weighted by atomic mass is 35.5. The number of halogens is 2. The van der Waals surface area contributed by atoms with E-state index in [-0.39, 0.29) is 18.4 Å². The fraction of sp³-hybridized carbons (Fsp3) is 0.529. The van der Waals surface area contributed by atoms with E-state index in [4.69, 9.17) is 27.9 Å². The number of nitrogens with zero attached hydrogens (tertiary/aromatic N) is 1. The number of carboxylic acids is 1. The minimum Gasteiger partial charge on any atom is -0.488 e. The number of amides is 1. The van der Waals surface area contributed by atoms with E-state index >= 15 is 0 Å². The molecule has 5 nitrogen and oxygen atoms in total. The standard InChI is InChI=1S/C17H19Cl2NO4/c18-13-3-2-11(8-14(13)19)24-12-4-7-20(10-12)15(21)9-17(16(22)23)5-1-6-17/h2-3,8,12H,1,4-7,9-10H2,(H,22,23). The van der Waals surface area contributed by atoms with Gasteiger partial charge in [0.2, 0.25) is 5.91 Å². The van der Waals surface area contributed by atoms with Crippen LogP contribution in [0.5, 0.6) is 5.75 Å². The van der Waals surface area contributed by atoms with Crippen LogP contribution >= 0.6 is 23.2 Å². The van der Waals surface area contributed by atoms with Gasteiger partial charge in [-0.1, -0.05) is 29.6 Å². The van der Waals surface area contributed by atoms with Crippen molar-refractivity contribution in [1.82, 2.24) is 4.90 Å². The molecule has 7 heteroatoms. The predicted octanol–water partition coefficient (Wildman–Crippen LogP) is 3.62. The molecule has 1 aliphatic carbocycles. The first-order chi connectivity index (χ1) is 11.4. The number of aliphatic carboxylic acids is 1. The van der Waals surface area contributed by atoms with Crippen LogP contribution in [0.25, 0.3) is 0 Å². The second-order valence-corrected chi connectivity index (χ2v) is 7.37. The number of benzene rings is 1. The molecule has 1 unspecified atom stereocenters. The van der Waals surface area contributed by atoms with Crippen molar-refractivity contribution >= 4 is 35.1 Å². The molecule has 1 heterocycles. The van der Waals surface area contributed by atoms with E-state index in [0.717, 1.165) is 6.42 Å². The first-order valence-electron chi connectivity index (χ1n) is 8.02. The van der Waals surface area contributed by atoms with Gasteiger partial charge >= 0.3 is 5.97 Å². The van der Waals surface area contributed by atoms with Crippen LogP contribution in [0.15, 0.2) is 18.2 Å². The normalized spacial score (nSPS) is 22.1. The summed E-state index contributed by atoms with van der Waals surface area (Å²) in [6.45, 7) is 1.05. The van der Waals surface area contributed by atoms with E-state index in [1.165, 1.54) is 0 Å². The lowest BCUT2D eigenvalue weighted by Crippen LogP contribution is -2.43. The maximum absolute atomic E-state index is 12.4. The molecule has 0 bridgehead atoms. The average molecular weight is 372 g/mol. The van der Waals surface area contributed by atoms with Gasteiger partial charge in [0, 0.05) is 25.5 Å². The summed E-state index contributed by atoms with van der Waals surface area (Å²) in [5.41, 5.74) is -0.847. The molecule has 130 valence electrons. The molecule has 2 aliphatic rings. The van der Waals surface area contributed by atoms with Crippen LogP contribution in [0.1, 0.15) is 32.1 Å². The zero-order valence-electron chi connectivity index (χ0n) is 13.1. The van der Waals surface area contributed by atoms with Gasteiger partial charge in [-0.05, 0) is 25.0 Å². The highest BCUT2D eigenvalue weighted by molar-refractivity contribution is 6.42. The summed E-state index contributed by atoms with van der Waals surface area (Å²) >= 11 is 11.9. The zero-order valence-corrected chi connectivity index (χ0v) is 14.6. The first-order valence-corrected chi connectivity index (χ1v) is 8.78. The number of rotatable bonds is 5. The van der Waals surface area contributed by atoms with E-state index in [0.29, 0.717) is 48.1 Å². The number of carbonyl (C=O) groups is 2. The molecule has 1 amide bonds. The quantitative estimate of drug-likeness (QED) is 0.858. The molecule has 1 saturated carbocycles. The van der Waals surface area contributed by atoms with Crippen molar-refractivity contribution in [3.05, 3.63) is 28.2 Å². The summed E-state index contributed by atoms with van der Waals surface area (Å²) in [7, 11) is 0. The van der Waals surface area contributed by atoms with Crippen LogP contribution in [0, 0.1) is 5.41 Å². The van der Waals surface area contributed by atoms with Gasteiger partial charge in [0.05, 0.1) is 22.0 Å². The van der Waals surface area contributed by atoms with E-state index in [9.17, 15) is 14.7 Å². The molecule has 1 saturated heterocycles. The van der Waals surface area contributed by atoms with Crippen molar-refractivity contribution in [1.29, 1.82) is 0 Å². The monoisotopic (exact) mass is 371 g/mol. The zero-order chi connectivity index (χ0) is 17.3. The SMILES string of the molecule is O=C(CC1(C(=O)O)CCC1)N1CCC(Oc2ccc(Cl)c(Cl)c2)C1. The molecule has 3 rings (SSSR count). The van der Waals surface area contributed by atoms with Crippen LogP contribution in [0.3, 0.4) is 0 Å². The summed E-state index contributed by atoms with van der Waals surface area (Å²) in [6, 6.07) is 5.07. The van der Waals surface area contributed by atoms with E-state index in [1.54, 1.807) is 23.1 Å². The summed E-state index contributed by atoms with van der Waals surface area (Å²) < 4.78 is 5.86. The third-order valence-electron chi connectivity index (χ3n) is 4.95. The predicted molar refractivity (Wildman–Crippen MR) is 90.6 cm³/mol. The van der Waals surface area contributed by atoms with Gasteiger partial charge in [-0.15, -0.1) is 0 Å². The maximum Gasteiger partial charge on any atom is 0.310 e. The topological polar surface area (TPSA) is 66.8 Å². The summed E-state index contributed by atoms with van der Waals surface area (Å²) in [6.07, 6.45) is 2.74. The summed E-state index contributed by atoms with van der Waals surface area (Å²) in [5, 5.41) is 10.2. The van der Waals surface area contributed by atoms with E-state index in [2.05, 4.69) is 0 Å². The molecule has 24 heavy (non-hydrogen) atoms. The third-order valence-corrected chi connectivity index (χ3v) is 5.68. The molecule has 2 fully saturated rings. The highest BCUT2D eigenvalue weighted by Crippen LogP contribution is 2.44. The number of likely N-dealkylation sites (tertiary alicyclic amines) is 1. The molecule has 1 aromatic carbocycles. The van der Waals surface area contributed by atoms with Crippen molar-refractivity contribution in [3.63, 3.8) is 0 Å². The second kappa shape index (κ2) is 6.81. The highest BCUT2D eigenvalue weighted by Gasteiger charge is 2.47. The van der Waals surface area contributed by atoms with Crippen LogP contribution in [-0.4, -0.2) is 41.1 Å². The Balaban J connectivity index is 1.56. The number of hydrogen-bond acceptors (Lipinski definition) is 3. The molecule has 1 N–H and O–H groups in total. The minimum atomic E-state index is -0.857. The van der Waals surface area contributed by atoms with Gasteiger partial charge in [-0.25, -0.2) is 0 Å². The molecule has 1 aliphatic heterocycles. The van der Waals surface area contributed by atoms with Crippen LogP contribution in [0.2, 0.25) is 10.0 Å². The molecule has 0 aromatic heterocycles. The molecule has 0 spiro atoms. The largest absolute Gasteiger partial charge is 0.488 e. The van der Waals surface area contributed by atoms with Gasteiger partial charge < -0.3 is 14.7 Å². The first kappa shape index (κ1) is 17.4. The Labute approximate surface area is 150 Å². The van der Waals surface area contributed by atoms with Crippen molar-refractivity contribution < 1.29 is 19.4 Å². The lowest BCUT2D eigenvalue weighted by Gasteiger charge is -2.37. The Hall–Kier alpha value is -1.46. The van der Waals surface area contributed by atoms with E-state index in [1.807, 2.05) is 0 Å². The fourth-order valence-electron chi connectivity index (χ4n) is 3.26. The molecular formula is C17H19Cl2NO4. The smallest absolute Gasteiger partial charge is 0.310 e. The Bertz CT molecular complexity index is 660. The number of hydrogen-bond donors (Lipinski definition) is 1. The van der Waals surface area contributed by atoms with Gasteiger partial charge in [0.15, 0.2) is 0 Å². The van der Waals surface area contributed by atoms with Crippen molar-refractivity contribution in [3.8, 4) is 5.75 Å². The van der Waals surface area contributed by atoms with Crippen LogP contribution in [-0.2, 0) is 9.59 Å². The Morgan fingerprint density at radius 1 is 1.29 bits per heavy atom. The van der Waals surface area contributed by atoms with Crippen LogP contribution < -0.4 is 4.74 Å². The van der Waals surface area contributed by atoms with Crippen LogP contribution in [0.4, 0.5) is 0 Å². The lowest BCUT2D eigenvalue weighted by molar-refractivity contribution is -0.159. The second-order valence-electron chi connectivity index (χ2n) is 6.56. The van der Waals surface area contributed by atoms with Gasteiger partial charge in [-0.2, -0.15) is 0 Å². The minimum absolute atomic E-state index is 0.0851. The molecular weight excluding hydrogens is 353 g/mol. The third kappa shape index (κ3) is 3.47. The number of carbonyl (C=O) groups excluding carboxylic acids is 1. The molecule has 1 atom stereocenters. The van der Waals surface area contributed by atoms with Gasteiger partial charge in [0.25, 0.3) is 0 Å². The molecule has 1 aromatic rings. The van der Waals surface area contributed by atoms with Gasteiger partial charge in [0.1, 0.15) is 11.9 Å². The molecule has 0 radical (unpaired) electrons.